The maximum Gasteiger partial charge on any atom is 0.228 e. The highest BCUT2D eigenvalue weighted by Gasteiger charge is 2.28. The van der Waals surface area contributed by atoms with E-state index in [1.165, 1.54) is 6.07 Å². The molecule has 0 fully saturated rings. The van der Waals surface area contributed by atoms with Crippen LogP contribution in [0.2, 0.25) is 0 Å². The molecule has 2 rings (SSSR count). The molecule has 0 saturated carbocycles. The van der Waals surface area contributed by atoms with Crippen LogP contribution >= 0.6 is 0 Å². The minimum Gasteiger partial charge on any atom is -0.383 e. The van der Waals surface area contributed by atoms with Crippen LogP contribution in [0.15, 0.2) is 35.6 Å². The molecule has 1 heterocycles. The number of hydrogen-bond acceptors (Lipinski definition) is 5. The van der Waals surface area contributed by atoms with Gasteiger partial charge in [0.2, 0.25) is 15.0 Å². The molecular weight excluding hydrogens is 381 g/mol. The first-order valence-corrected chi connectivity index (χ1v) is 11.0. The van der Waals surface area contributed by atoms with E-state index in [9.17, 15) is 12.8 Å². The Morgan fingerprint density at radius 3 is 2.46 bits per heavy atom. The zero-order valence-corrected chi connectivity index (χ0v) is 18.0. The van der Waals surface area contributed by atoms with E-state index in [2.05, 4.69) is 23.7 Å². The van der Waals surface area contributed by atoms with E-state index >= 15 is 0 Å². The molecule has 0 spiro atoms. The number of halogens is 1. The first-order chi connectivity index (χ1) is 13.2. The second-order valence-electron chi connectivity index (χ2n) is 7.36. The number of sulfone groups is 1. The summed E-state index contributed by atoms with van der Waals surface area (Å²) in [4.78, 5) is 6.39. The van der Waals surface area contributed by atoms with E-state index in [0.717, 1.165) is 5.69 Å². The molecule has 156 valence electrons. The molecule has 6 nitrogen and oxygen atoms in total. The number of ether oxygens (including phenoxy) is 1. The fraction of sp³-hybridized carbons (Fsp3) is 0.550. The lowest BCUT2D eigenvalue weighted by Crippen LogP contribution is -2.34. The lowest BCUT2D eigenvalue weighted by atomic mass is 10.2. The monoisotopic (exact) mass is 411 g/mol. The van der Waals surface area contributed by atoms with Crippen molar-refractivity contribution >= 4 is 9.84 Å². The molecular formula is C20H30FN3O3S. The summed E-state index contributed by atoms with van der Waals surface area (Å²) in [6.07, 6.45) is 1.58. The van der Waals surface area contributed by atoms with Crippen molar-refractivity contribution in [3.05, 3.63) is 47.5 Å². The lowest BCUT2D eigenvalue weighted by Gasteiger charge is -2.26. The number of aromatic nitrogens is 2. The number of methoxy groups -OCH3 is 1. The molecule has 0 aliphatic rings. The fourth-order valence-electron chi connectivity index (χ4n) is 2.86. The molecule has 1 aromatic carbocycles. The largest absolute Gasteiger partial charge is 0.383 e. The molecule has 0 aliphatic heterocycles. The third-order valence-electron chi connectivity index (χ3n) is 4.74. The molecule has 0 bridgehead atoms. The lowest BCUT2D eigenvalue weighted by molar-refractivity contribution is 0.123. The molecule has 28 heavy (non-hydrogen) atoms. The minimum absolute atomic E-state index is 0.0174. The topological polar surface area (TPSA) is 64.4 Å². The van der Waals surface area contributed by atoms with Crippen LogP contribution in [0.1, 0.15) is 39.0 Å². The van der Waals surface area contributed by atoms with Gasteiger partial charge >= 0.3 is 0 Å². The fourth-order valence-corrected chi connectivity index (χ4v) is 3.97. The van der Waals surface area contributed by atoms with Crippen molar-refractivity contribution in [1.29, 1.82) is 0 Å². The second-order valence-corrected chi connectivity index (χ2v) is 9.76. The van der Waals surface area contributed by atoms with Gasteiger partial charge < -0.3 is 9.30 Å². The third-order valence-corrected chi connectivity index (χ3v) is 6.82. The van der Waals surface area contributed by atoms with Crippen molar-refractivity contribution in [2.45, 2.75) is 57.2 Å². The van der Waals surface area contributed by atoms with Crippen molar-refractivity contribution in [1.82, 2.24) is 14.5 Å². The summed E-state index contributed by atoms with van der Waals surface area (Å²) in [5.41, 5.74) is 1.15. The predicted octanol–water partition coefficient (Wildman–Crippen LogP) is 3.11. The summed E-state index contributed by atoms with van der Waals surface area (Å²) in [5, 5.41) is -0.631. The van der Waals surface area contributed by atoms with E-state index in [1.807, 2.05) is 0 Å². The second kappa shape index (κ2) is 9.62. The van der Waals surface area contributed by atoms with Gasteiger partial charge in [0.15, 0.2) is 0 Å². The highest BCUT2D eigenvalue weighted by molar-refractivity contribution is 7.91. The number of hydrogen-bond donors (Lipinski definition) is 0. The van der Waals surface area contributed by atoms with Crippen molar-refractivity contribution in [3.8, 4) is 0 Å². The molecule has 2 aromatic rings. The van der Waals surface area contributed by atoms with Gasteiger partial charge in [0, 0.05) is 31.8 Å². The van der Waals surface area contributed by atoms with Gasteiger partial charge in [-0.1, -0.05) is 18.2 Å². The van der Waals surface area contributed by atoms with Gasteiger partial charge in [0.25, 0.3) is 0 Å². The summed E-state index contributed by atoms with van der Waals surface area (Å²) in [6.45, 7) is 9.25. The highest BCUT2D eigenvalue weighted by atomic mass is 32.2. The Balaban J connectivity index is 2.48. The van der Waals surface area contributed by atoms with Gasteiger partial charge in [0.1, 0.15) is 5.82 Å². The standard InChI is InChI=1S/C20H30FN3O3S/c1-15(2)23(10-11-27-5)14-18-12-22-20(28(25,26)16(3)4)24(18)13-17-8-6-7-9-19(17)21/h6-9,12,15-16H,10-11,13-14H2,1-5H3. The molecule has 0 saturated heterocycles. The van der Waals surface area contributed by atoms with Gasteiger partial charge in [0.05, 0.1) is 30.3 Å². The molecule has 1 aromatic heterocycles. The zero-order chi connectivity index (χ0) is 20.9. The van der Waals surface area contributed by atoms with E-state index in [1.54, 1.807) is 49.9 Å². The average molecular weight is 412 g/mol. The van der Waals surface area contributed by atoms with Crippen LogP contribution in [0.4, 0.5) is 4.39 Å². The summed E-state index contributed by atoms with van der Waals surface area (Å²) in [6, 6.07) is 6.63. The predicted molar refractivity (Wildman–Crippen MR) is 107 cm³/mol. The Kier molecular flexibility index (Phi) is 7.74. The van der Waals surface area contributed by atoms with Crippen LogP contribution in [-0.4, -0.2) is 54.4 Å². The van der Waals surface area contributed by atoms with Crippen molar-refractivity contribution in [3.63, 3.8) is 0 Å². The van der Waals surface area contributed by atoms with Crippen LogP contribution in [0.5, 0.6) is 0 Å². The Morgan fingerprint density at radius 2 is 1.89 bits per heavy atom. The minimum atomic E-state index is -3.61. The smallest absolute Gasteiger partial charge is 0.228 e. The third kappa shape index (κ3) is 5.18. The van der Waals surface area contributed by atoms with Crippen LogP contribution in [0.25, 0.3) is 0 Å². The van der Waals surface area contributed by atoms with E-state index in [0.29, 0.717) is 25.3 Å². The Labute approximate surface area is 167 Å². The number of nitrogens with zero attached hydrogens (tertiary/aromatic N) is 3. The van der Waals surface area contributed by atoms with Crippen molar-refractivity contribution in [2.75, 3.05) is 20.3 Å². The normalized spacial score (nSPS) is 12.5. The maximum absolute atomic E-state index is 14.2. The first kappa shape index (κ1) is 22.5. The molecule has 0 aliphatic carbocycles. The van der Waals surface area contributed by atoms with Crippen molar-refractivity contribution in [2.24, 2.45) is 0 Å². The summed E-state index contributed by atoms with van der Waals surface area (Å²) in [5.74, 6) is -0.366. The first-order valence-electron chi connectivity index (χ1n) is 9.43. The van der Waals surface area contributed by atoms with Gasteiger partial charge in [-0.3, -0.25) is 4.90 Å². The molecule has 0 radical (unpaired) electrons. The van der Waals surface area contributed by atoms with Crippen LogP contribution in [-0.2, 0) is 27.7 Å². The highest BCUT2D eigenvalue weighted by Crippen LogP contribution is 2.21. The Morgan fingerprint density at radius 1 is 1.21 bits per heavy atom. The van der Waals surface area contributed by atoms with Crippen molar-refractivity contribution < 1.29 is 17.5 Å². The summed E-state index contributed by atoms with van der Waals surface area (Å²) in [7, 11) is -1.96. The van der Waals surface area contributed by atoms with E-state index in [4.69, 9.17) is 4.74 Å². The van der Waals surface area contributed by atoms with Gasteiger partial charge in [-0.05, 0) is 33.8 Å². The number of benzene rings is 1. The van der Waals surface area contributed by atoms with Gasteiger partial charge in [-0.25, -0.2) is 17.8 Å². The van der Waals surface area contributed by atoms with Gasteiger partial charge in [-0.2, -0.15) is 0 Å². The Bertz CT molecular complexity index is 879. The molecule has 0 amide bonds. The summed E-state index contributed by atoms with van der Waals surface area (Å²) >= 11 is 0. The van der Waals surface area contributed by atoms with Crippen LogP contribution in [0.3, 0.4) is 0 Å². The summed E-state index contributed by atoms with van der Waals surface area (Å²) < 4.78 is 46.7. The quantitative estimate of drug-likeness (QED) is 0.601. The maximum atomic E-state index is 14.2. The number of rotatable bonds is 10. The Hall–Kier alpha value is -1.77. The molecule has 8 heteroatoms. The molecule has 0 N–H and O–H groups in total. The zero-order valence-electron chi connectivity index (χ0n) is 17.2. The van der Waals surface area contributed by atoms with E-state index in [-0.39, 0.29) is 23.6 Å². The van der Waals surface area contributed by atoms with Gasteiger partial charge in [-0.15, -0.1) is 0 Å². The van der Waals surface area contributed by atoms with Crippen LogP contribution in [0, 0.1) is 5.82 Å². The molecule has 0 unspecified atom stereocenters. The van der Waals surface area contributed by atoms with E-state index < -0.39 is 15.1 Å². The number of imidazole rings is 1. The SMILES string of the molecule is COCCN(Cc1cnc(S(=O)(=O)C(C)C)n1Cc1ccccc1F)C(C)C. The van der Waals surface area contributed by atoms with Crippen LogP contribution < -0.4 is 0 Å². The average Bonchev–Trinajstić information content (AvgIpc) is 3.03. The molecule has 0 atom stereocenters.